The first-order valence-electron chi connectivity index (χ1n) is 10.3. The summed E-state index contributed by atoms with van der Waals surface area (Å²) in [6, 6.07) is 5.62. The average Bonchev–Trinajstić information content (AvgIpc) is 2.67. The molecule has 0 aromatic heterocycles. The van der Waals surface area contributed by atoms with Crippen LogP contribution in [0.3, 0.4) is 0 Å². The summed E-state index contributed by atoms with van der Waals surface area (Å²) in [6.07, 6.45) is 10.2. The first-order valence-corrected chi connectivity index (χ1v) is 10.7. The van der Waals surface area contributed by atoms with Crippen molar-refractivity contribution in [3.8, 4) is 0 Å². The zero-order valence-corrected chi connectivity index (χ0v) is 18.6. The van der Waals surface area contributed by atoms with Gasteiger partial charge in [0.05, 0.1) is 5.03 Å². The Morgan fingerprint density at radius 3 is 2.72 bits per heavy atom. The van der Waals surface area contributed by atoms with Crippen molar-refractivity contribution in [2.75, 3.05) is 20.1 Å². The summed E-state index contributed by atoms with van der Waals surface area (Å²) in [7, 11) is 1.98. The number of aryl methyl sites for hydroxylation is 1. The quantitative estimate of drug-likeness (QED) is 0.207. The number of nitrogens with one attached hydrogen (secondary N) is 1. The van der Waals surface area contributed by atoms with Crippen molar-refractivity contribution in [3.05, 3.63) is 58.5 Å². The molecule has 0 saturated heterocycles. The second-order valence-electron chi connectivity index (χ2n) is 7.58. The maximum atomic E-state index is 14.2. The molecular formula is C24H35ClFN3. The summed E-state index contributed by atoms with van der Waals surface area (Å²) in [6.45, 7) is 10.9. The van der Waals surface area contributed by atoms with Crippen LogP contribution in [0, 0.1) is 11.7 Å². The van der Waals surface area contributed by atoms with Gasteiger partial charge in [-0.1, -0.05) is 48.7 Å². The maximum absolute atomic E-state index is 14.2. The number of halogens is 2. The summed E-state index contributed by atoms with van der Waals surface area (Å²) in [5.41, 5.74) is 2.78. The number of unbranched alkanes of at least 4 members (excludes halogenated alkanes) is 1. The van der Waals surface area contributed by atoms with Gasteiger partial charge in [0.25, 0.3) is 0 Å². The molecule has 0 spiro atoms. The lowest BCUT2D eigenvalue weighted by Gasteiger charge is -2.15. The Hall–Kier alpha value is -1.78. The van der Waals surface area contributed by atoms with E-state index in [0.29, 0.717) is 17.4 Å². The number of rotatable bonds is 15. The van der Waals surface area contributed by atoms with Crippen molar-refractivity contribution in [3.63, 3.8) is 0 Å². The normalized spacial score (nSPS) is 13.0. The number of aliphatic imine (C=N–C) groups is 2. The van der Waals surface area contributed by atoms with Crippen LogP contribution in [0.4, 0.5) is 4.39 Å². The predicted molar refractivity (Wildman–Crippen MR) is 126 cm³/mol. The van der Waals surface area contributed by atoms with Crippen molar-refractivity contribution >= 4 is 24.5 Å². The molecule has 160 valence electrons. The van der Waals surface area contributed by atoms with Crippen molar-refractivity contribution in [1.82, 2.24) is 5.32 Å². The largest absolute Gasteiger partial charge is 0.320 e. The van der Waals surface area contributed by atoms with Gasteiger partial charge in [-0.15, -0.1) is 0 Å². The minimum absolute atomic E-state index is 0.116. The third kappa shape index (κ3) is 11.7. The van der Waals surface area contributed by atoms with Crippen LogP contribution in [0.5, 0.6) is 0 Å². The first-order chi connectivity index (χ1) is 14.0. The summed E-state index contributed by atoms with van der Waals surface area (Å²) in [5, 5.41) is 3.72. The fraction of sp³-hybridized carbons (Fsp3) is 0.500. The summed E-state index contributed by atoms with van der Waals surface area (Å²) < 4.78 is 14.2. The summed E-state index contributed by atoms with van der Waals surface area (Å²) >= 11 is 5.92. The minimum Gasteiger partial charge on any atom is -0.320 e. The number of benzene rings is 1. The Kier molecular flexibility index (Phi) is 13.2. The third-order valence-corrected chi connectivity index (χ3v) is 5.03. The molecular weight excluding hydrogens is 385 g/mol. The average molecular weight is 420 g/mol. The molecule has 0 saturated carbocycles. The van der Waals surface area contributed by atoms with Crippen molar-refractivity contribution in [2.24, 2.45) is 15.9 Å². The molecule has 1 aromatic rings. The Morgan fingerprint density at radius 2 is 2.07 bits per heavy atom. The highest BCUT2D eigenvalue weighted by Gasteiger charge is 2.09. The molecule has 0 aliphatic rings. The monoisotopic (exact) mass is 419 g/mol. The summed E-state index contributed by atoms with van der Waals surface area (Å²) in [4.78, 5) is 7.99. The van der Waals surface area contributed by atoms with E-state index in [1.54, 1.807) is 12.3 Å². The van der Waals surface area contributed by atoms with Crippen LogP contribution in [0.2, 0.25) is 0 Å². The minimum atomic E-state index is -0.116. The lowest BCUT2D eigenvalue weighted by atomic mass is 9.93. The van der Waals surface area contributed by atoms with Gasteiger partial charge in [0, 0.05) is 19.0 Å². The predicted octanol–water partition coefficient (Wildman–Crippen LogP) is 6.12. The van der Waals surface area contributed by atoms with Gasteiger partial charge in [-0.2, -0.15) is 0 Å². The standard InChI is InChI=1S/C24H35ClFN3/c1-19(2)15-22-10-9-21(16-24(22)26)8-6-5-7-20(11-13-27-3)12-14-29-18-23(25)17-28-4/h9-10,16-18,20,27H,1,4-8,11-15H2,2-3H3/b23-17+,29-18?. The molecule has 3 nitrogen and oxygen atoms in total. The van der Waals surface area contributed by atoms with Crippen LogP contribution in [0.1, 0.15) is 50.2 Å². The Bertz CT molecular complexity index is 697. The van der Waals surface area contributed by atoms with Crippen LogP contribution in [-0.2, 0) is 12.8 Å². The van der Waals surface area contributed by atoms with Crippen LogP contribution >= 0.6 is 11.6 Å². The van der Waals surface area contributed by atoms with Crippen molar-refractivity contribution < 1.29 is 4.39 Å². The van der Waals surface area contributed by atoms with E-state index in [0.717, 1.165) is 68.3 Å². The molecule has 0 amide bonds. The molecule has 0 radical (unpaired) electrons. The van der Waals surface area contributed by atoms with E-state index in [1.165, 1.54) is 6.20 Å². The molecule has 0 aliphatic heterocycles. The Balaban J connectivity index is 2.42. The number of hydrogen-bond donors (Lipinski definition) is 1. The molecule has 0 fully saturated rings. The van der Waals surface area contributed by atoms with Gasteiger partial charge in [-0.3, -0.25) is 9.98 Å². The number of allylic oxidation sites excluding steroid dienone is 2. The fourth-order valence-electron chi connectivity index (χ4n) is 3.29. The van der Waals surface area contributed by atoms with Crippen LogP contribution < -0.4 is 5.32 Å². The van der Waals surface area contributed by atoms with Gasteiger partial charge in [0.15, 0.2) is 0 Å². The summed E-state index contributed by atoms with van der Waals surface area (Å²) in [5.74, 6) is 0.504. The van der Waals surface area contributed by atoms with Gasteiger partial charge in [-0.05, 0) is 82.4 Å². The SMILES string of the molecule is C=N/C=C(/Cl)C=NCCC(CCCCc1ccc(CC(=C)C)c(F)c1)CCNC. The smallest absolute Gasteiger partial charge is 0.126 e. The Labute approximate surface area is 180 Å². The lowest BCUT2D eigenvalue weighted by Crippen LogP contribution is -2.14. The van der Waals surface area contributed by atoms with Gasteiger partial charge >= 0.3 is 0 Å². The number of hydrogen-bond acceptors (Lipinski definition) is 3. The third-order valence-electron chi connectivity index (χ3n) is 4.84. The zero-order chi connectivity index (χ0) is 21.5. The molecule has 1 unspecified atom stereocenters. The molecule has 0 heterocycles. The highest BCUT2D eigenvalue weighted by atomic mass is 35.5. The Morgan fingerprint density at radius 1 is 1.28 bits per heavy atom. The van der Waals surface area contributed by atoms with Gasteiger partial charge < -0.3 is 5.32 Å². The van der Waals surface area contributed by atoms with E-state index in [2.05, 4.69) is 28.6 Å². The van der Waals surface area contributed by atoms with Gasteiger partial charge in [0.2, 0.25) is 0 Å². The fourth-order valence-corrected chi connectivity index (χ4v) is 3.43. The molecule has 0 bridgehead atoms. The maximum Gasteiger partial charge on any atom is 0.126 e. The van der Waals surface area contributed by atoms with Crippen LogP contribution in [-0.4, -0.2) is 33.1 Å². The van der Waals surface area contributed by atoms with E-state index in [-0.39, 0.29) is 5.82 Å². The van der Waals surface area contributed by atoms with E-state index < -0.39 is 0 Å². The molecule has 5 heteroatoms. The topological polar surface area (TPSA) is 36.8 Å². The zero-order valence-electron chi connectivity index (χ0n) is 17.9. The molecule has 29 heavy (non-hydrogen) atoms. The second-order valence-corrected chi connectivity index (χ2v) is 8.02. The number of nitrogens with zero attached hydrogens (tertiary/aromatic N) is 2. The van der Waals surface area contributed by atoms with E-state index in [9.17, 15) is 4.39 Å². The van der Waals surface area contributed by atoms with E-state index in [4.69, 9.17) is 11.6 Å². The van der Waals surface area contributed by atoms with Gasteiger partial charge in [-0.25, -0.2) is 4.39 Å². The van der Waals surface area contributed by atoms with E-state index >= 15 is 0 Å². The molecule has 0 aliphatic carbocycles. The highest BCUT2D eigenvalue weighted by Crippen LogP contribution is 2.20. The van der Waals surface area contributed by atoms with Crippen molar-refractivity contribution in [1.29, 1.82) is 0 Å². The van der Waals surface area contributed by atoms with Crippen LogP contribution in [0.15, 0.2) is 51.6 Å². The molecule has 1 atom stereocenters. The van der Waals surface area contributed by atoms with Gasteiger partial charge in [0.1, 0.15) is 5.82 Å². The highest BCUT2D eigenvalue weighted by molar-refractivity contribution is 6.39. The molecule has 1 aromatic carbocycles. The molecule has 1 rings (SSSR count). The van der Waals surface area contributed by atoms with Crippen molar-refractivity contribution in [2.45, 2.75) is 51.9 Å². The second kappa shape index (κ2) is 15.1. The van der Waals surface area contributed by atoms with E-state index in [1.807, 2.05) is 26.1 Å². The first kappa shape index (κ1) is 25.3. The molecule has 1 N–H and O–H groups in total. The lowest BCUT2D eigenvalue weighted by molar-refractivity contribution is 0.403. The van der Waals surface area contributed by atoms with Crippen LogP contribution in [0.25, 0.3) is 0 Å².